The zero-order valence-corrected chi connectivity index (χ0v) is 9.46. The molecule has 0 unspecified atom stereocenters. The summed E-state index contributed by atoms with van der Waals surface area (Å²) in [6.45, 7) is 0. The molecular formula is C9H5F2NaO2. The quantitative estimate of drug-likeness (QED) is 0.243. The number of halogens is 2. The Hall–Kier alpha value is -0.710. The first-order valence-corrected chi connectivity index (χ1v) is 3.43. The Morgan fingerprint density at radius 3 is 2.57 bits per heavy atom. The Morgan fingerprint density at radius 2 is 2.00 bits per heavy atom. The average Bonchev–Trinajstić information content (AvgIpc) is 2.09. The number of benzene rings is 1. The summed E-state index contributed by atoms with van der Waals surface area (Å²) >= 11 is 0. The van der Waals surface area contributed by atoms with E-state index in [4.69, 9.17) is 0 Å². The van der Waals surface area contributed by atoms with Gasteiger partial charge in [-0.1, -0.05) is 0 Å². The molecule has 0 heterocycles. The van der Waals surface area contributed by atoms with Crippen LogP contribution in [0.3, 0.4) is 0 Å². The zero-order chi connectivity index (χ0) is 9.84. The third-order valence-electron chi connectivity index (χ3n) is 1.41. The molecule has 0 aromatic heterocycles. The summed E-state index contributed by atoms with van der Waals surface area (Å²) in [5, 5.41) is 9.89. The molecular weight excluding hydrogens is 201 g/mol. The van der Waals surface area contributed by atoms with Crippen molar-refractivity contribution in [2.75, 3.05) is 0 Å². The maximum atomic E-state index is 12.8. The number of hydrogen-bond donors (Lipinski definition) is 0. The van der Waals surface area contributed by atoms with Crippen molar-refractivity contribution in [1.29, 1.82) is 0 Å². The van der Waals surface area contributed by atoms with Crippen molar-refractivity contribution in [2.24, 2.45) is 0 Å². The van der Waals surface area contributed by atoms with Crippen LogP contribution < -0.4 is 34.7 Å². The van der Waals surface area contributed by atoms with Crippen LogP contribution in [-0.2, 0) is 0 Å². The van der Waals surface area contributed by atoms with Crippen molar-refractivity contribution in [1.82, 2.24) is 0 Å². The molecule has 1 aromatic carbocycles. The fourth-order valence-corrected chi connectivity index (χ4v) is 0.838. The fourth-order valence-electron chi connectivity index (χ4n) is 0.838. The predicted octanol–water partition coefficient (Wildman–Crippen LogP) is -1.97. The maximum Gasteiger partial charge on any atom is 1.00 e. The van der Waals surface area contributed by atoms with Crippen molar-refractivity contribution >= 4 is 5.78 Å². The minimum absolute atomic E-state index is 0. The number of rotatable bonds is 2. The molecule has 0 atom stereocenters. The van der Waals surface area contributed by atoms with Crippen molar-refractivity contribution in [2.45, 2.75) is 0 Å². The Morgan fingerprint density at radius 1 is 1.36 bits per heavy atom. The Kier molecular flexibility index (Phi) is 5.60. The first-order chi connectivity index (χ1) is 6.15. The van der Waals surface area contributed by atoms with Gasteiger partial charge in [-0.2, -0.15) is 0 Å². The second kappa shape index (κ2) is 5.90. The van der Waals surface area contributed by atoms with E-state index < -0.39 is 23.0 Å². The Labute approximate surface area is 102 Å². The smallest absolute Gasteiger partial charge is 0.878 e. The van der Waals surface area contributed by atoms with Gasteiger partial charge >= 0.3 is 29.6 Å². The van der Waals surface area contributed by atoms with E-state index in [1.807, 2.05) is 0 Å². The number of allylic oxidation sites excluding steroid dienone is 1. The van der Waals surface area contributed by atoms with Crippen molar-refractivity contribution in [3.63, 3.8) is 0 Å². The SMILES string of the molecule is O=C(/C=C/[O-])c1cc(F)ccc1F.[Na+]. The summed E-state index contributed by atoms with van der Waals surface area (Å²) in [5.74, 6) is -2.40. The first kappa shape index (κ1) is 13.3. The second-order valence-corrected chi connectivity index (χ2v) is 2.29. The largest absolute Gasteiger partial charge is 1.00 e. The van der Waals surface area contributed by atoms with Crippen LogP contribution in [-0.4, -0.2) is 5.78 Å². The molecule has 0 bridgehead atoms. The van der Waals surface area contributed by atoms with Crippen LogP contribution in [0.2, 0.25) is 0 Å². The number of ketones is 1. The normalized spacial score (nSPS) is 9.86. The van der Waals surface area contributed by atoms with Crippen LogP contribution in [0.5, 0.6) is 0 Å². The van der Waals surface area contributed by atoms with E-state index in [2.05, 4.69) is 0 Å². The Bertz CT molecular complexity index is 364. The van der Waals surface area contributed by atoms with Gasteiger partial charge < -0.3 is 5.11 Å². The molecule has 5 heteroatoms. The van der Waals surface area contributed by atoms with E-state index in [1.165, 1.54) is 0 Å². The second-order valence-electron chi connectivity index (χ2n) is 2.29. The van der Waals surface area contributed by atoms with Gasteiger partial charge in [-0.15, -0.1) is 6.26 Å². The van der Waals surface area contributed by atoms with Crippen molar-refractivity contribution in [3.05, 3.63) is 47.7 Å². The first-order valence-electron chi connectivity index (χ1n) is 3.43. The van der Waals surface area contributed by atoms with E-state index in [0.717, 1.165) is 18.2 Å². The van der Waals surface area contributed by atoms with Gasteiger partial charge in [-0.25, -0.2) is 8.78 Å². The molecule has 0 aliphatic carbocycles. The van der Waals surface area contributed by atoms with E-state index in [9.17, 15) is 18.7 Å². The fraction of sp³-hybridized carbons (Fsp3) is 0. The van der Waals surface area contributed by atoms with Crippen molar-refractivity contribution < 1.29 is 48.2 Å². The topological polar surface area (TPSA) is 40.1 Å². The summed E-state index contributed by atoms with van der Waals surface area (Å²) in [4.78, 5) is 10.9. The molecule has 0 radical (unpaired) electrons. The van der Waals surface area contributed by atoms with Crippen LogP contribution in [0.25, 0.3) is 0 Å². The van der Waals surface area contributed by atoms with Crippen LogP contribution in [0, 0.1) is 11.6 Å². The summed E-state index contributed by atoms with van der Waals surface area (Å²) in [5.41, 5.74) is -0.438. The van der Waals surface area contributed by atoms with Crippen LogP contribution >= 0.6 is 0 Å². The number of carbonyl (C=O) groups excluding carboxylic acids is 1. The standard InChI is InChI=1S/C9H6F2O2.Na/c10-6-1-2-8(11)7(5-6)9(13)3-4-12;/h1-5,12H;/q;+1/p-1/b4-3+;. The summed E-state index contributed by atoms with van der Waals surface area (Å²) in [7, 11) is 0. The van der Waals surface area contributed by atoms with Gasteiger partial charge in [0.1, 0.15) is 11.6 Å². The molecule has 0 N–H and O–H groups in total. The number of carbonyl (C=O) groups is 1. The molecule has 68 valence electrons. The van der Waals surface area contributed by atoms with E-state index in [1.54, 1.807) is 0 Å². The molecule has 1 aromatic rings. The van der Waals surface area contributed by atoms with Gasteiger partial charge in [0, 0.05) is 0 Å². The number of hydrogen-bond acceptors (Lipinski definition) is 2. The van der Waals surface area contributed by atoms with Crippen LogP contribution in [0.1, 0.15) is 10.4 Å². The molecule has 0 fully saturated rings. The van der Waals surface area contributed by atoms with E-state index >= 15 is 0 Å². The third kappa shape index (κ3) is 3.21. The molecule has 0 aliphatic heterocycles. The molecule has 0 saturated carbocycles. The molecule has 0 aliphatic rings. The van der Waals surface area contributed by atoms with Gasteiger partial charge in [0.2, 0.25) is 0 Å². The molecule has 0 spiro atoms. The summed E-state index contributed by atoms with van der Waals surface area (Å²) in [6, 6.07) is 2.48. The zero-order valence-electron chi connectivity index (χ0n) is 7.46. The summed E-state index contributed by atoms with van der Waals surface area (Å²) < 4.78 is 25.3. The Balaban J connectivity index is 0.00000169. The molecule has 0 saturated heterocycles. The average molecular weight is 206 g/mol. The monoisotopic (exact) mass is 206 g/mol. The third-order valence-corrected chi connectivity index (χ3v) is 1.41. The van der Waals surface area contributed by atoms with Gasteiger partial charge in [0.15, 0.2) is 5.78 Å². The minimum atomic E-state index is -0.843. The molecule has 0 amide bonds. The minimum Gasteiger partial charge on any atom is -0.878 e. The molecule has 1 rings (SSSR count). The van der Waals surface area contributed by atoms with E-state index in [-0.39, 0.29) is 35.8 Å². The van der Waals surface area contributed by atoms with Gasteiger partial charge in [0.25, 0.3) is 0 Å². The van der Waals surface area contributed by atoms with Gasteiger partial charge in [-0.3, -0.25) is 4.79 Å². The van der Waals surface area contributed by atoms with Gasteiger partial charge in [0.05, 0.1) is 5.56 Å². The summed E-state index contributed by atoms with van der Waals surface area (Å²) in [6.07, 6.45) is 0.866. The van der Waals surface area contributed by atoms with Crippen LogP contribution in [0.4, 0.5) is 8.78 Å². The molecule has 14 heavy (non-hydrogen) atoms. The van der Waals surface area contributed by atoms with Crippen LogP contribution in [0.15, 0.2) is 30.5 Å². The van der Waals surface area contributed by atoms with E-state index in [0.29, 0.717) is 6.08 Å². The van der Waals surface area contributed by atoms with Gasteiger partial charge in [-0.05, 0) is 24.3 Å². The predicted molar refractivity (Wildman–Crippen MR) is 39.8 cm³/mol. The van der Waals surface area contributed by atoms with Crippen molar-refractivity contribution in [3.8, 4) is 0 Å². The maximum absolute atomic E-state index is 12.8. The molecule has 2 nitrogen and oxygen atoms in total.